The summed E-state index contributed by atoms with van der Waals surface area (Å²) in [6, 6.07) is 2.74. The smallest absolute Gasteiger partial charge is 0.274 e. The second kappa shape index (κ2) is 7.74. The molecule has 0 unspecified atom stereocenters. The molecule has 2 bridgehead atoms. The lowest BCUT2D eigenvalue weighted by atomic mass is 9.90. The van der Waals surface area contributed by atoms with Gasteiger partial charge in [0.2, 0.25) is 5.43 Å². The van der Waals surface area contributed by atoms with Crippen molar-refractivity contribution in [2.24, 2.45) is 0 Å². The molecule has 3 heterocycles. The Balaban J connectivity index is 1.79. The van der Waals surface area contributed by atoms with Gasteiger partial charge in [-0.1, -0.05) is 12.1 Å². The number of hydrogen-bond donors (Lipinski definition) is 3. The van der Waals surface area contributed by atoms with Gasteiger partial charge in [-0.2, -0.15) is 0 Å². The predicted octanol–water partition coefficient (Wildman–Crippen LogP) is 1.86. The van der Waals surface area contributed by atoms with Crippen molar-refractivity contribution in [1.82, 2.24) is 14.8 Å². The van der Waals surface area contributed by atoms with Crippen LogP contribution in [0.4, 0.5) is 4.39 Å². The van der Waals surface area contributed by atoms with Crippen molar-refractivity contribution in [2.75, 3.05) is 6.54 Å². The zero-order valence-corrected chi connectivity index (χ0v) is 17.7. The third-order valence-electron chi connectivity index (χ3n) is 6.30. The number of amides is 2. The van der Waals surface area contributed by atoms with Crippen LogP contribution in [0.15, 0.2) is 29.2 Å². The number of carbonyl (C=O) groups is 2. The summed E-state index contributed by atoms with van der Waals surface area (Å²) in [4.78, 5) is 40.2. The standard InChI is InChI=1S/C23H26FN3O5/c1-12-4-5-14(16(24)8-12)9-25-21(30)15-10-27-17-11-26(13(2)6-7-23(17,3)32)22(31)18(27)20(29)19(15)28/h4-5,8,10,13,17,29,32H,6-7,9,11H2,1-3H3,(H,25,30)/t13-,17+,23-/m0/s1/i3D3. The summed E-state index contributed by atoms with van der Waals surface area (Å²) in [5.74, 6) is -3.21. The Labute approximate surface area is 188 Å². The van der Waals surface area contributed by atoms with Gasteiger partial charge in [0.05, 0.1) is 11.6 Å². The number of fused-ring (bicyclic) bond motifs is 4. The molecule has 0 aliphatic carbocycles. The minimum Gasteiger partial charge on any atom is -0.503 e. The molecule has 1 saturated heterocycles. The van der Waals surface area contributed by atoms with Gasteiger partial charge in [-0.3, -0.25) is 14.4 Å². The Morgan fingerprint density at radius 3 is 2.84 bits per heavy atom. The van der Waals surface area contributed by atoms with Gasteiger partial charge in [0.1, 0.15) is 11.4 Å². The molecule has 3 atom stereocenters. The minimum absolute atomic E-state index is 0.167. The number of hydrogen-bond acceptors (Lipinski definition) is 5. The SMILES string of the molecule is [2H]C([2H])([2H])[C@]1(O)CC[C@H](C)N2C[C@H]1n1cc(C(=O)NCc3ccc(C)cc3F)c(=O)c(O)c1C2=O. The summed E-state index contributed by atoms with van der Waals surface area (Å²) in [7, 11) is 0. The van der Waals surface area contributed by atoms with Gasteiger partial charge in [-0.15, -0.1) is 0 Å². The number of carbonyl (C=O) groups excluding carboxylic acids is 2. The fourth-order valence-corrected chi connectivity index (χ4v) is 4.31. The molecule has 4 rings (SSSR count). The molecule has 0 radical (unpaired) electrons. The van der Waals surface area contributed by atoms with E-state index in [-0.39, 0.29) is 31.5 Å². The summed E-state index contributed by atoms with van der Waals surface area (Å²) in [5, 5.41) is 24.4. The number of aromatic nitrogens is 1. The highest BCUT2D eigenvalue weighted by molar-refractivity contribution is 5.99. The molecule has 32 heavy (non-hydrogen) atoms. The number of aromatic hydroxyl groups is 1. The molecule has 0 saturated carbocycles. The van der Waals surface area contributed by atoms with Crippen molar-refractivity contribution in [3.63, 3.8) is 0 Å². The average molecular weight is 446 g/mol. The van der Waals surface area contributed by atoms with Crippen LogP contribution in [0.3, 0.4) is 0 Å². The van der Waals surface area contributed by atoms with E-state index in [4.69, 9.17) is 4.11 Å². The van der Waals surface area contributed by atoms with E-state index in [0.717, 1.165) is 10.8 Å². The van der Waals surface area contributed by atoms with Crippen molar-refractivity contribution in [2.45, 2.75) is 57.8 Å². The molecule has 2 amide bonds. The number of halogens is 1. The second-order valence-corrected chi connectivity index (χ2v) is 8.54. The molecule has 1 aromatic heterocycles. The van der Waals surface area contributed by atoms with Crippen LogP contribution in [0.2, 0.25) is 0 Å². The van der Waals surface area contributed by atoms with Crippen molar-refractivity contribution in [3.8, 4) is 5.75 Å². The molecule has 2 aromatic rings. The molecule has 1 aromatic carbocycles. The maximum absolute atomic E-state index is 14.1. The first-order valence-electron chi connectivity index (χ1n) is 11.8. The van der Waals surface area contributed by atoms with E-state index in [9.17, 15) is 29.0 Å². The zero-order valence-electron chi connectivity index (χ0n) is 20.7. The maximum atomic E-state index is 14.1. The monoisotopic (exact) mass is 446 g/mol. The number of benzene rings is 1. The predicted molar refractivity (Wildman–Crippen MR) is 114 cm³/mol. The second-order valence-electron chi connectivity index (χ2n) is 8.54. The first-order valence-corrected chi connectivity index (χ1v) is 10.3. The number of nitrogens with one attached hydrogen (secondary N) is 1. The van der Waals surface area contributed by atoms with Crippen molar-refractivity contribution >= 4 is 11.8 Å². The molecule has 0 spiro atoms. The van der Waals surface area contributed by atoms with E-state index in [1.165, 1.54) is 17.0 Å². The van der Waals surface area contributed by atoms with E-state index < -0.39 is 64.6 Å². The fourth-order valence-electron chi connectivity index (χ4n) is 4.31. The number of nitrogens with zero attached hydrogens (tertiary/aromatic N) is 2. The Morgan fingerprint density at radius 2 is 2.16 bits per heavy atom. The highest BCUT2D eigenvalue weighted by Crippen LogP contribution is 2.39. The minimum atomic E-state index is -2.85. The maximum Gasteiger partial charge on any atom is 0.274 e. The normalized spacial score (nSPS) is 26.4. The van der Waals surface area contributed by atoms with E-state index in [0.29, 0.717) is 5.56 Å². The molecule has 1 fully saturated rings. The Morgan fingerprint density at radius 1 is 1.41 bits per heavy atom. The fraction of sp³-hybridized carbons (Fsp3) is 0.435. The Kier molecular flexibility index (Phi) is 4.44. The van der Waals surface area contributed by atoms with Crippen LogP contribution in [0.25, 0.3) is 0 Å². The summed E-state index contributed by atoms with van der Waals surface area (Å²) < 4.78 is 39.0. The first-order chi connectivity index (χ1) is 16.3. The first kappa shape index (κ1) is 18.4. The highest BCUT2D eigenvalue weighted by Gasteiger charge is 2.46. The van der Waals surface area contributed by atoms with Crippen LogP contribution in [0, 0.1) is 12.7 Å². The topological polar surface area (TPSA) is 112 Å². The number of aryl methyl sites for hydroxylation is 1. The molecule has 8 nitrogen and oxygen atoms in total. The molecular weight excluding hydrogens is 417 g/mol. The third kappa shape index (κ3) is 3.56. The molecule has 9 heteroatoms. The van der Waals surface area contributed by atoms with Crippen LogP contribution >= 0.6 is 0 Å². The lowest BCUT2D eigenvalue weighted by Gasteiger charge is -2.41. The van der Waals surface area contributed by atoms with E-state index in [1.54, 1.807) is 19.9 Å². The van der Waals surface area contributed by atoms with Gasteiger partial charge in [-0.25, -0.2) is 4.39 Å². The van der Waals surface area contributed by atoms with E-state index >= 15 is 0 Å². The Hall–Kier alpha value is -3.20. The van der Waals surface area contributed by atoms with Gasteiger partial charge in [0.25, 0.3) is 11.8 Å². The molecule has 2 aliphatic rings. The van der Waals surface area contributed by atoms with Gasteiger partial charge in [-0.05, 0) is 45.2 Å². The lowest BCUT2D eigenvalue weighted by Crippen LogP contribution is -2.51. The molecule has 3 N–H and O–H groups in total. The zero-order chi connectivity index (χ0) is 25.9. The number of rotatable bonds is 3. The largest absolute Gasteiger partial charge is 0.503 e. The van der Waals surface area contributed by atoms with Gasteiger partial charge >= 0.3 is 0 Å². The third-order valence-corrected chi connectivity index (χ3v) is 6.30. The van der Waals surface area contributed by atoms with Gasteiger partial charge in [0.15, 0.2) is 11.4 Å². The van der Waals surface area contributed by atoms with Crippen molar-refractivity contribution in [3.05, 3.63) is 62.8 Å². The molecular formula is C23H26FN3O5. The van der Waals surface area contributed by atoms with Crippen LogP contribution in [-0.4, -0.2) is 49.7 Å². The van der Waals surface area contributed by atoms with Crippen LogP contribution in [-0.2, 0) is 6.54 Å². The van der Waals surface area contributed by atoms with Crippen LogP contribution in [0.5, 0.6) is 5.75 Å². The molecule has 170 valence electrons. The van der Waals surface area contributed by atoms with Crippen LogP contribution in [0.1, 0.15) is 68.7 Å². The molecule has 2 aliphatic heterocycles. The van der Waals surface area contributed by atoms with E-state index in [1.807, 2.05) is 0 Å². The van der Waals surface area contributed by atoms with E-state index in [2.05, 4.69) is 5.32 Å². The van der Waals surface area contributed by atoms with Crippen LogP contribution < -0.4 is 10.7 Å². The number of pyridine rings is 1. The van der Waals surface area contributed by atoms with Gasteiger partial charge < -0.3 is 25.0 Å². The van der Waals surface area contributed by atoms with Crippen molar-refractivity contribution in [1.29, 1.82) is 0 Å². The summed E-state index contributed by atoms with van der Waals surface area (Å²) >= 11 is 0. The lowest BCUT2D eigenvalue weighted by molar-refractivity contribution is -0.00840. The average Bonchev–Trinajstić information content (AvgIpc) is 2.89. The number of aliphatic hydroxyl groups is 1. The van der Waals surface area contributed by atoms with Gasteiger partial charge in [0, 0.05) is 35.0 Å². The summed E-state index contributed by atoms with van der Waals surface area (Å²) in [6.07, 6.45) is 1.01. The summed E-state index contributed by atoms with van der Waals surface area (Å²) in [6.45, 7) is 0.116. The Bertz CT molecular complexity index is 1280. The summed E-state index contributed by atoms with van der Waals surface area (Å²) in [5.41, 5.74) is -3.60. The quantitative estimate of drug-likeness (QED) is 0.666. The highest BCUT2D eigenvalue weighted by atomic mass is 19.1. The van der Waals surface area contributed by atoms with Crippen molar-refractivity contribution < 1.29 is 28.3 Å².